The summed E-state index contributed by atoms with van der Waals surface area (Å²) in [6.07, 6.45) is 3.69. The Labute approximate surface area is 184 Å². The number of likely N-dealkylation sites (tertiary alicyclic amines) is 1. The molecular formula is C24H33N5O2. The molecule has 166 valence electrons. The van der Waals surface area contributed by atoms with Gasteiger partial charge in [-0.3, -0.25) is 9.69 Å². The van der Waals surface area contributed by atoms with Crippen LogP contribution >= 0.6 is 0 Å². The molecule has 0 aliphatic carbocycles. The number of aryl methyl sites for hydroxylation is 1. The average molecular weight is 424 g/mol. The first-order chi connectivity index (χ1) is 15.1. The highest BCUT2D eigenvalue weighted by molar-refractivity contribution is 5.78. The Bertz CT molecular complexity index is 876. The summed E-state index contributed by atoms with van der Waals surface area (Å²) in [5, 5.41) is 3.33. The Kier molecular flexibility index (Phi) is 7.14. The van der Waals surface area contributed by atoms with Crippen LogP contribution in [0.2, 0.25) is 0 Å². The summed E-state index contributed by atoms with van der Waals surface area (Å²) in [6.45, 7) is 9.91. The average Bonchev–Trinajstić information content (AvgIpc) is 2.81. The summed E-state index contributed by atoms with van der Waals surface area (Å²) in [5.74, 6) is 2.34. The zero-order valence-corrected chi connectivity index (χ0v) is 18.6. The lowest BCUT2D eigenvalue weighted by Crippen LogP contribution is -2.46. The van der Waals surface area contributed by atoms with Crippen LogP contribution in [0.4, 0.5) is 11.6 Å². The molecule has 1 amide bonds. The van der Waals surface area contributed by atoms with E-state index in [1.54, 1.807) is 6.20 Å². The molecule has 1 N–H and O–H groups in total. The largest absolute Gasteiger partial charge is 0.379 e. The van der Waals surface area contributed by atoms with Crippen LogP contribution in [-0.4, -0.2) is 71.6 Å². The molecule has 0 radical (unpaired) electrons. The lowest BCUT2D eigenvalue weighted by molar-refractivity contribution is -0.137. The van der Waals surface area contributed by atoms with Crippen LogP contribution in [0.25, 0.3) is 0 Å². The molecule has 2 aliphatic rings. The quantitative estimate of drug-likeness (QED) is 0.769. The van der Waals surface area contributed by atoms with Crippen molar-refractivity contribution < 1.29 is 9.53 Å². The van der Waals surface area contributed by atoms with Gasteiger partial charge < -0.3 is 15.0 Å². The number of nitrogens with one attached hydrogen (secondary N) is 1. The number of morpholine rings is 1. The van der Waals surface area contributed by atoms with Gasteiger partial charge in [0, 0.05) is 56.5 Å². The molecule has 2 aromatic heterocycles. The van der Waals surface area contributed by atoms with E-state index in [-0.39, 0.29) is 11.8 Å². The third kappa shape index (κ3) is 5.60. The fourth-order valence-electron chi connectivity index (χ4n) is 4.44. The summed E-state index contributed by atoms with van der Waals surface area (Å²) in [5.41, 5.74) is 2.18. The fourth-order valence-corrected chi connectivity index (χ4v) is 4.44. The summed E-state index contributed by atoms with van der Waals surface area (Å²) in [4.78, 5) is 26.6. The Morgan fingerprint density at radius 2 is 1.94 bits per heavy atom. The lowest BCUT2D eigenvalue weighted by atomic mass is 9.92. The molecule has 1 atom stereocenters. The topological polar surface area (TPSA) is 70.6 Å². The van der Waals surface area contributed by atoms with Crippen LogP contribution in [0, 0.1) is 12.8 Å². The summed E-state index contributed by atoms with van der Waals surface area (Å²) < 4.78 is 5.41. The van der Waals surface area contributed by atoms with Gasteiger partial charge in [0.15, 0.2) is 0 Å². The second kappa shape index (κ2) is 10.2. The first-order valence-corrected chi connectivity index (χ1v) is 11.3. The molecule has 4 rings (SSSR count). The lowest BCUT2D eigenvalue weighted by Gasteiger charge is -2.35. The molecule has 2 aromatic rings. The van der Waals surface area contributed by atoms with Crippen LogP contribution in [0.15, 0.2) is 36.5 Å². The van der Waals surface area contributed by atoms with Gasteiger partial charge >= 0.3 is 0 Å². The van der Waals surface area contributed by atoms with Crippen LogP contribution in [-0.2, 0) is 9.53 Å². The first-order valence-electron chi connectivity index (χ1n) is 11.3. The van der Waals surface area contributed by atoms with Crippen LogP contribution in [0.3, 0.4) is 0 Å². The molecule has 31 heavy (non-hydrogen) atoms. The second-order valence-electron chi connectivity index (χ2n) is 8.66. The smallest absolute Gasteiger partial charge is 0.226 e. The normalized spacial score (nSPS) is 19.2. The third-order valence-corrected chi connectivity index (χ3v) is 6.31. The van der Waals surface area contributed by atoms with E-state index in [0.717, 1.165) is 81.7 Å². The second-order valence-corrected chi connectivity index (χ2v) is 8.66. The first kappa shape index (κ1) is 21.7. The molecule has 0 aromatic carbocycles. The maximum absolute atomic E-state index is 12.9. The summed E-state index contributed by atoms with van der Waals surface area (Å²) >= 11 is 0. The summed E-state index contributed by atoms with van der Waals surface area (Å²) in [6, 6.07) is 10.1. The van der Waals surface area contributed by atoms with Gasteiger partial charge in [-0.25, -0.2) is 9.97 Å². The number of aromatic nitrogens is 2. The van der Waals surface area contributed by atoms with Crippen molar-refractivity contribution in [1.82, 2.24) is 19.8 Å². The van der Waals surface area contributed by atoms with Gasteiger partial charge in [0.05, 0.1) is 13.2 Å². The monoisotopic (exact) mass is 423 g/mol. The van der Waals surface area contributed by atoms with Crippen molar-refractivity contribution in [3.63, 3.8) is 0 Å². The minimum absolute atomic E-state index is 0.0296. The highest BCUT2D eigenvalue weighted by Gasteiger charge is 2.28. The zero-order chi connectivity index (χ0) is 21.6. The van der Waals surface area contributed by atoms with Crippen LogP contribution < -0.4 is 5.32 Å². The van der Waals surface area contributed by atoms with Crippen molar-refractivity contribution >= 4 is 17.5 Å². The Hall–Kier alpha value is -2.51. The molecule has 0 saturated carbocycles. The number of nitrogens with zero attached hydrogens (tertiary/aromatic N) is 4. The number of ether oxygens (including phenoxy) is 1. The fraction of sp³-hybridized carbons (Fsp3) is 0.542. The number of rotatable bonds is 6. The van der Waals surface area contributed by atoms with Crippen LogP contribution in [0.1, 0.15) is 36.9 Å². The number of hydrogen-bond acceptors (Lipinski definition) is 6. The van der Waals surface area contributed by atoms with E-state index < -0.39 is 0 Å². The van der Waals surface area contributed by atoms with Gasteiger partial charge in [0.25, 0.3) is 0 Å². The Balaban J connectivity index is 1.31. The molecule has 2 aliphatic heterocycles. The van der Waals surface area contributed by atoms with E-state index in [0.29, 0.717) is 5.92 Å². The van der Waals surface area contributed by atoms with E-state index in [2.05, 4.69) is 28.2 Å². The van der Waals surface area contributed by atoms with E-state index in [1.807, 2.05) is 36.1 Å². The SMILES string of the molecule is Cc1cccnc1Nc1cccc(C2CCN(C(=O)[C@H](C)CN3CCOCC3)CC2)n1. The number of piperidine rings is 1. The van der Waals surface area contributed by atoms with Crippen molar-refractivity contribution in [1.29, 1.82) is 0 Å². The van der Waals surface area contributed by atoms with Crippen molar-refractivity contribution in [3.8, 4) is 0 Å². The van der Waals surface area contributed by atoms with Gasteiger partial charge in [0.1, 0.15) is 11.6 Å². The number of pyridine rings is 2. The predicted molar refractivity (Wildman–Crippen MR) is 121 cm³/mol. The number of carbonyl (C=O) groups is 1. The minimum Gasteiger partial charge on any atom is -0.379 e. The molecular weight excluding hydrogens is 390 g/mol. The van der Waals surface area contributed by atoms with E-state index in [1.165, 1.54) is 0 Å². The van der Waals surface area contributed by atoms with Gasteiger partial charge in [0.2, 0.25) is 5.91 Å². The van der Waals surface area contributed by atoms with Crippen molar-refractivity contribution in [2.24, 2.45) is 5.92 Å². The molecule has 4 heterocycles. The number of anilines is 2. The molecule has 2 saturated heterocycles. The van der Waals surface area contributed by atoms with Gasteiger partial charge in [-0.2, -0.15) is 0 Å². The highest BCUT2D eigenvalue weighted by Crippen LogP contribution is 2.29. The molecule has 0 spiro atoms. The number of hydrogen-bond donors (Lipinski definition) is 1. The Morgan fingerprint density at radius 3 is 2.68 bits per heavy atom. The van der Waals surface area contributed by atoms with Crippen LogP contribution in [0.5, 0.6) is 0 Å². The summed E-state index contributed by atoms with van der Waals surface area (Å²) in [7, 11) is 0. The highest BCUT2D eigenvalue weighted by atomic mass is 16.5. The maximum Gasteiger partial charge on any atom is 0.226 e. The molecule has 7 heteroatoms. The third-order valence-electron chi connectivity index (χ3n) is 6.31. The molecule has 7 nitrogen and oxygen atoms in total. The minimum atomic E-state index is 0.0296. The van der Waals surface area contributed by atoms with E-state index in [4.69, 9.17) is 9.72 Å². The standard InChI is InChI=1S/C24H33N5O2/c1-18-5-4-10-25-23(18)27-22-7-3-6-21(26-22)20-8-11-29(12-9-20)24(30)19(2)17-28-13-15-31-16-14-28/h3-7,10,19-20H,8-9,11-17H2,1-2H3,(H,25,26,27)/t19-/m1/s1. The Morgan fingerprint density at radius 1 is 1.16 bits per heavy atom. The molecule has 2 fully saturated rings. The van der Waals surface area contributed by atoms with Crippen molar-refractivity contribution in [2.45, 2.75) is 32.6 Å². The zero-order valence-electron chi connectivity index (χ0n) is 18.6. The number of amides is 1. The number of carbonyl (C=O) groups excluding carboxylic acids is 1. The van der Waals surface area contributed by atoms with Gasteiger partial charge in [-0.05, 0) is 43.5 Å². The van der Waals surface area contributed by atoms with Gasteiger partial charge in [-0.15, -0.1) is 0 Å². The van der Waals surface area contributed by atoms with E-state index >= 15 is 0 Å². The predicted octanol–water partition coefficient (Wildman–Crippen LogP) is 3.20. The van der Waals surface area contributed by atoms with Gasteiger partial charge in [-0.1, -0.05) is 19.1 Å². The van der Waals surface area contributed by atoms with Crippen molar-refractivity contribution in [3.05, 3.63) is 47.8 Å². The van der Waals surface area contributed by atoms with E-state index in [9.17, 15) is 4.79 Å². The van der Waals surface area contributed by atoms with Crippen molar-refractivity contribution in [2.75, 3.05) is 51.3 Å². The molecule has 0 bridgehead atoms. The maximum atomic E-state index is 12.9. The molecule has 0 unspecified atom stereocenters.